The van der Waals surface area contributed by atoms with Crippen LogP contribution in [0.4, 0.5) is 15.8 Å². The number of nitrogens with zero attached hydrogens (tertiary/aromatic N) is 1. The maximum Gasteiger partial charge on any atom is 0.241 e. The van der Waals surface area contributed by atoms with E-state index < -0.39 is 11.9 Å². The van der Waals surface area contributed by atoms with Gasteiger partial charge in [-0.1, -0.05) is 18.5 Å². The number of nitrogens with one attached hydrogen (secondary N) is 2. The van der Waals surface area contributed by atoms with Crippen molar-refractivity contribution in [2.45, 2.75) is 19.9 Å². The number of hydrogen-bond acceptors (Lipinski definition) is 4. The molecule has 0 heterocycles. The Morgan fingerprint density at radius 3 is 2.43 bits per heavy atom. The van der Waals surface area contributed by atoms with Crippen molar-refractivity contribution in [3.05, 3.63) is 53.3 Å². The topological polar surface area (TPSA) is 70.7 Å². The van der Waals surface area contributed by atoms with Crippen molar-refractivity contribution < 1.29 is 18.7 Å². The predicted molar refractivity (Wildman–Crippen MR) is 108 cm³/mol. The number of carbonyl (C=O) groups excluding carboxylic acids is 2. The summed E-state index contributed by atoms with van der Waals surface area (Å²) in [5.74, 6) is -0.376. The molecule has 8 heteroatoms. The summed E-state index contributed by atoms with van der Waals surface area (Å²) < 4.78 is 18.2. The number of carbonyl (C=O) groups is 2. The lowest BCUT2D eigenvalue weighted by Crippen LogP contribution is -2.45. The van der Waals surface area contributed by atoms with Gasteiger partial charge in [0.15, 0.2) is 0 Å². The highest BCUT2D eigenvalue weighted by atomic mass is 35.5. The van der Waals surface area contributed by atoms with Crippen LogP contribution in [0.5, 0.6) is 5.75 Å². The van der Waals surface area contributed by atoms with E-state index in [0.29, 0.717) is 23.7 Å². The molecule has 2 aromatic rings. The first-order chi connectivity index (χ1) is 13.3. The molecule has 28 heavy (non-hydrogen) atoms. The van der Waals surface area contributed by atoms with Crippen molar-refractivity contribution in [1.29, 1.82) is 0 Å². The number of ether oxygens (including phenoxy) is 1. The van der Waals surface area contributed by atoms with Crippen molar-refractivity contribution in [2.24, 2.45) is 0 Å². The first kappa shape index (κ1) is 21.7. The summed E-state index contributed by atoms with van der Waals surface area (Å²) in [5.41, 5.74) is 0.954. The van der Waals surface area contributed by atoms with Crippen molar-refractivity contribution in [2.75, 3.05) is 30.8 Å². The summed E-state index contributed by atoms with van der Waals surface area (Å²) >= 11 is 5.95. The van der Waals surface area contributed by atoms with E-state index in [9.17, 15) is 14.0 Å². The van der Waals surface area contributed by atoms with Crippen LogP contribution in [0.3, 0.4) is 0 Å². The van der Waals surface area contributed by atoms with Gasteiger partial charge >= 0.3 is 0 Å². The van der Waals surface area contributed by atoms with Gasteiger partial charge in [-0.15, -0.1) is 0 Å². The summed E-state index contributed by atoms with van der Waals surface area (Å²) in [7, 11) is 1.57. The van der Waals surface area contributed by atoms with Crippen molar-refractivity contribution in [3.8, 4) is 5.75 Å². The van der Waals surface area contributed by atoms with Gasteiger partial charge in [0.25, 0.3) is 0 Å². The average molecular weight is 408 g/mol. The van der Waals surface area contributed by atoms with Crippen LogP contribution >= 0.6 is 11.6 Å². The highest BCUT2D eigenvalue weighted by Crippen LogP contribution is 2.23. The normalized spacial score (nSPS) is 11.8. The molecule has 0 aromatic heterocycles. The Hall–Kier alpha value is -2.64. The molecule has 6 nitrogen and oxygen atoms in total. The van der Waals surface area contributed by atoms with Crippen LogP contribution in [0.1, 0.15) is 13.8 Å². The van der Waals surface area contributed by atoms with Crippen LogP contribution in [-0.4, -0.2) is 43.0 Å². The van der Waals surface area contributed by atoms with Crippen molar-refractivity contribution >= 4 is 34.8 Å². The van der Waals surface area contributed by atoms with E-state index in [2.05, 4.69) is 10.6 Å². The Balaban J connectivity index is 1.96. The van der Waals surface area contributed by atoms with Crippen molar-refractivity contribution in [3.63, 3.8) is 0 Å². The van der Waals surface area contributed by atoms with E-state index >= 15 is 0 Å². The standard InChI is InChI=1S/C20H23ClFN3O3/c1-4-25(12-19(26)23-15-6-8-16(28-3)9-7-15)13(2)20(27)24-18-10-5-14(22)11-17(18)21/h5-11,13H,4,12H2,1-3H3,(H,23,26)(H,24,27). The van der Waals surface area contributed by atoms with Gasteiger partial charge in [-0.3, -0.25) is 14.5 Å². The maximum atomic E-state index is 13.1. The van der Waals surface area contributed by atoms with Gasteiger partial charge in [0.2, 0.25) is 11.8 Å². The largest absolute Gasteiger partial charge is 0.497 e. The van der Waals surface area contributed by atoms with Crippen LogP contribution in [0.2, 0.25) is 5.02 Å². The molecule has 0 radical (unpaired) electrons. The quantitative estimate of drug-likeness (QED) is 0.698. The lowest BCUT2D eigenvalue weighted by molar-refractivity contribution is -0.123. The molecule has 2 rings (SSSR count). The highest BCUT2D eigenvalue weighted by molar-refractivity contribution is 6.33. The fourth-order valence-electron chi connectivity index (χ4n) is 2.58. The van der Waals surface area contributed by atoms with Gasteiger partial charge in [0, 0.05) is 5.69 Å². The Morgan fingerprint density at radius 1 is 1.18 bits per heavy atom. The minimum absolute atomic E-state index is 0.0360. The summed E-state index contributed by atoms with van der Waals surface area (Å²) in [6.07, 6.45) is 0. The van der Waals surface area contributed by atoms with E-state index in [1.807, 2.05) is 6.92 Å². The van der Waals surface area contributed by atoms with Gasteiger partial charge in [-0.25, -0.2) is 4.39 Å². The monoisotopic (exact) mass is 407 g/mol. The predicted octanol–water partition coefficient (Wildman–Crippen LogP) is 3.78. The molecule has 1 unspecified atom stereocenters. The van der Waals surface area contributed by atoms with E-state index in [1.165, 1.54) is 12.1 Å². The zero-order valence-electron chi connectivity index (χ0n) is 16.0. The average Bonchev–Trinajstić information content (AvgIpc) is 2.68. The van der Waals surface area contributed by atoms with E-state index in [4.69, 9.17) is 16.3 Å². The summed E-state index contributed by atoms with van der Waals surface area (Å²) in [6, 6.07) is 10.1. The smallest absolute Gasteiger partial charge is 0.241 e. The molecule has 0 spiro atoms. The van der Waals surface area contributed by atoms with Crippen LogP contribution in [-0.2, 0) is 9.59 Å². The third-order valence-corrected chi connectivity index (χ3v) is 4.56. The second kappa shape index (κ2) is 10.1. The van der Waals surface area contributed by atoms with Crippen molar-refractivity contribution in [1.82, 2.24) is 4.90 Å². The molecule has 2 aromatic carbocycles. The fraction of sp³-hybridized carbons (Fsp3) is 0.300. The number of methoxy groups -OCH3 is 1. The number of hydrogen-bond donors (Lipinski definition) is 2. The Bertz CT molecular complexity index is 830. The molecule has 0 fully saturated rings. The Morgan fingerprint density at radius 2 is 1.86 bits per heavy atom. The van der Waals surface area contributed by atoms with Crippen LogP contribution in [0.25, 0.3) is 0 Å². The molecule has 2 amide bonds. The van der Waals surface area contributed by atoms with E-state index in [0.717, 1.165) is 6.07 Å². The second-order valence-corrected chi connectivity index (χ2v) is 6.54. The van der Waals surface area contributed by atoms with Crippen LogP contribution in [0, 0.1) is 5.82 Å². The highest BCUT2D eigenvalue weighted by Gasteiger charge is 2.23. The molecule has 0 aliphatic rings. The van der Waals surface area contributed by atoms with Crippen LogP contribution < -0.4 is 15.4 Å². The maximum absolute atomic E-state index is 13.1. The molecule has 1 atom stereocenters. The molecule has 0 aliphatic heterocycles. The summed E-state index contributed by atoms with van der Waals surface area (Å²) in [4.78, 5) is 26.6. The van der Waals surface area contributed by atoms with Gasteiger partial charge < -0.3 is 15.4 Å². The third-order valence-electron chi connectivity index (χ3n) is 4.24. The zero-order chi connectivity index (χ0) is 20.7. The minimum atomic E-state index is -0.590. The number of likely N-dealkylation sites (N-methyl/N-ethyl adjacent to an activating group) is 1. The van der Waals surface area contributed by atoms with Crippen LogP contribution in [0.15, 0.2) is 42.5 Å². The third kappa shape index (κ3) is 5.94. The Kier molecular flexibility index (Phi) is 7.78. The zero-order valence-corrected chi connectivity index (χ0v) is 16.7. The lowest BCUT2D eigenvalue weighted by atomic mass is 10.2. The number of halogens is 2. The number of rotatable bonds is 8. The number of benzene rings is 2. The first-order valence-electron chi connectivity index (χ1n) is 8.78. The molecular weight excluding hydrogens is 385 g/mol. The lowest BCUT2D eigenvalue weighted by Gasteiger charge is -2.26. The molecule has 2 N–H and O–H groups in total. The molecule has 0 aliphatic carbocycles. The molecule has 0 saturated carbocycles. The van der Waals surface area contributed by atoms with E-state index in [1.54, 1.807) is 43.2 Å². The molecule has 0 saturated heterocycles. The summed E-state index contributed by atoms with van der Waals surface area (Å²) in [5, 5.41) is 5.56. The van der Waals surface area contributed by atoms with Gasteiger partial charge in [-0.05, 0) is 55.9 Å². The minimum Gasteiger partial charge on any atom is -0.497 e. The van der Waals surface area contributed by atoms with Gasteiger partial charge in [0.05, 0.1) is 30.4 Å². The van der Waals surface area contributed by atoms with E-state index in [-0.39, 0.29) is 23.4 Å². The first-order valence-corrected chi connectivity index (χ1v) is 9.15. The number of amides is 2. The molecular formula is C20H23ClFN3O3. The van der Waals surface area contributed by atoms with Gasteiger partial charge in [0.1, 0.15) is 11.6 Å². The fourth-order valence-corrected chi connectivity index (χ4v) is 2.79. The second-order valence-electron chi connectivity index (χ2n) is 6.13. The molecule has 0 bridgehead atoms. The molecule has 150 valence electrons. The summed E-state index contributed by atoms with van der Waals surface area (Å²) in [6.45, 7) is 4.07. The number of anilines is 2. The SMILES string of the molecule is CCN(CC(=O)Nc1ccc(OC)cc1)C(C)C(=O)Nc1ccc(F)cc1Cl. The Labute approximate surface area is 168 Å². The van der Waals surface area contributed by atoms with Gasteiger partial charge in [-0.2, -0.15) is 0 Å².